The van der Waals surface area contributed by atoms with E-state index in [4.69, 9.17) is 0 Å². The molecule has 1 heterocycles. The number of hydrogen-bond donors (Lipinski definition) is 0. The van der Waals surface area contributed by atoms with Gasteiger partial charge in [0, 0.05) is 6.08 Å². The third-order valence-electron chi connectivity index (χ3n) is 1.35. The van der Waals surface area contributed by atoms with Gasteiger partial charge in [0.1, 0.15) is 0 Å². The molecule has 0 spiro atoms. The van der Waals surface area contributed by atoms with E-state index in [0.717, 1.165) is 25.0 Å². The number of unbranched alkanes of at least 4 members (excludes halogenated alkanes) is 1. The maximum atomic E-state index is 10.5. The molecule has 3 heteroatoms. The molecular formula is C7H10N2O. The highest BCUT2D eigenvalue weighted by Gasteiger charge is 2.05. The standard InChI is InChI=1S/C7H10N2O/c1-2-3-4-6-5-7(10)9-8-6/h5H,2-4H2,1H3. The first kappa shape index (κ1) is 7.12. The summed E-state index contributed by atoms with van der Waals surface area (Å²) in [5, 5.41) is 7.05. The van der Waals surface area contributed by atoms with Gasteiger partial charge in [0.05, 0.1) is 5.70 Å². The molecule has 0 saturated heterocycles. The average molecular weight is 138 g/mol. The van der Waals surface area contributed by atoms with E-state index in [1.54, 1.807) is 0 Å². The van der Waals surface area contributed by atoms with E-state index in [0.29, 0.717) is 0 Å². The van der Waals surface area contributed by atoms with E-state index in [1.165, 1.54) is 6.08 Å². The lowest BCUT2D eigenvalue weighted by Crippen LogP contribution is -1.79. The fraction of sp³-hybridized carbons (Fsp3) is 0.571. The van der Waals surface area contributed by atoms with Crippen molar-refractivity contribution in [2.45, 2.75) is 26.2 Å². The molecule has 3 nitrogen and oxygen atoms in total. The number of carbonyl (C=O) groups is 1. The van der Waals surface area contributed by atoms with Gasteiger partial charge in [0.25, 0.3) is 5.91 Å². The van der Waals surface area contributed by atoms with Gasteiger partial charge in [-0.1, -0.05) is 13.3 Å². The van der Waals surface area contributed by atoms with Crippen molar-refractivity contribution < 1.29 is 4.79 Å². The molecule has 0 saturated carbocycles. The molecule has 0 unspecified atom stereocenters. The van der Waals surface area contributed by atoms with Crippen LogP contribution in [-0.2, 0) is 4.79 Å². The average Bonchev–Trinajstić information content (AvgIpc) is 2.31. The van der Waals surface area contributed by atoms with Crippen LogP contribution in [0.3, 0.4) is 0 Å². The van der Waals surface area contributed by atoms with Crippen molar-refractivity contribution in [3.8, 4) is 0 Å². The number of allylic oxidation sites excluding steroid dienone is 1. The lowest BCUT2D eigenvalue weighted by Gasteiger charge is -1.90. The quantitative estimate of drug-likeness (QED) is 0.588. The van der Waals surface area contributed by atoms with Crippen LogP contribution in [0.4, 0.5) is 0 Å². The van der Waals surface area contributed by atoms with Crippen molar-refractivity contribution in [2.75, 3.05) is 0 Å². The lowest BCUT2D eigenvalue weighted by atomic mass is 10.2. The second-order valence-corrected chi connectivity index (χ2v) is 2.28. The molecule has 54 valence electrons. The summed E-state index contributed by atoms with van der Waals surface area (Å²) in [6.45, 7) is 2.11. The van der Waals surface area contributed by atoms with Gasteiger partial charge in [0.2, 0.25) is 0 Å². The maximum absolute atomic E-state index is 10.5. The minimum atomic E-state index is -0.217. The minimum Gasteiger partial charge on any atom is -0.266 e. The Bertz CT molecular complexity index is 194. The highest BCUT2D eigenvalue weighted by Crippen LogP contribution is 2.13. The SMILES string of the molecule is CCCCC1=CC(=O)N=N1. The highest BCUT2D eigenvalue weighted by atomic mass is 16.1. The van der Waals surface area contributed by atoms with E-state index in [9.17, 15) is 4.79 Å². The summed E-state index contributed by atoms with van der Waals surface area (Å²) in [5.41, 5.74) is 0.826. The molecule has 0 bridgehead atoms. The molecule has 0 aromatic rings. The van der Waals surface area contributed by atoms with Crippen LogP contribution in [0.15, 0.2) is 22.0 Å². The Kier molecular flexibility index (Phi) is 2.31. The highest BCUT2D eigenvalue weighted by molar-refractivity contribution is 5.90. The second kappa shape index (κ2) is 3.25. The van der Waals surface area contributed by atoms with Crippen LogP contribution >= 0.6 is 0 Å². The first-order valence-corrected chi connectivity index (χ1v) is 3.49. The topological polar surface area (TPSA) is 41.8 Å². The predicted molar refractivity (Wildman–Crippen MR) is 37.5 cm³/mol. The Morgan fingerprint density at radius 3 is 2.80 bits per heavy atom. The number of nitrogens with zero attached hydrogens (tertiary/aromatic N) is 2. The minimum absolute atomic E-state index is 0.217. The molecule has 0 atom stereocenters. The molecule has 1 amide bonds. The van der Waals surface area contributed by atoms with Gasteiger partial charge in [-0.3, -0.25) is 4.79 Å². The van der Waals surface area contributed by atoms with Gasteiger partial charge in [-0.25, -0.2) is 0 Å². The van der Waals surface area contributed by atoms with Crippen molar-refractivity contribution in [1.82, 2.24) is 0 Å². The molecule has 1 aliphatic rings. The third-order valence-corrected chi connectivity index (χ3v) is 1.35. The van der Waals surface area contributed by atoms with Crippen molar-refractivity contribution >= 4 is 5.91 Å². The monoisotopic (exact) mass is 138 g/mol. The molecule has 1 aliphatic heterocycles. The lowest BCUT2D eigenvalue weighted by molar-refractivity contribution is -0.113. The normalized spacial score (nSPS) is 16.1. The van der Waals surface area contributed by atoms with Crippen molar-refractivity contribution in [3.05, 3.63) is 11.8 Å². The van der Waals surface area contributed by atoms with Gasteiger partial charge in [-0.05, 0) is 12.8 Å². The van der Waals surface area contributed by atoms with Crippen LogP contribution < -0.4 is 0 Å². The molecule has 10 heavy (non-hydrogen) atoms. The fourth-order valence-electron chi connectivity index (χ4n) is 0.794. The molecule has 0 fully saturated rings. The van der Waals surface area contributed by atoms with E-state index >= 15 is 0 Å². The van der Waals surface area contributed by atoms with Gasteiger partial charge in [-0.2, -0.15) is 5.11 Å². The zero-order valence-electron chi connectivity index (χ0n) is 6.00. The summed E-state index contributed by atoms with van der Waals surface area (Å²) in [4.78, 5) is 10.5. The Morgan fingerprint density at radius 2 is 2.30 bits per heavy atom. The van der Waals surface area contributed by atoms with E-state index in [-0.39, 0.29) is 5.91 Å². The van der Waals surface area contributed by atoms with Crippen LogP contribution in [0.25, 0.3) is 0 Å². The van der Waals surface area contributed by atoms with Crippen molar-refractivity contribution in [2.24, 2.45) is 10.2 Å². The van der Waals surface area contributed by atoms with Crippen LogP contribution in [-0.4, -0.2) is 5.91 Å². The number of rotatable bonds is 3. The van der Waals surface area contributed by atoms with Gasteiger partial charge in [-0.15, -0.1) is 5.11 Å². The maximum Gasteiger partial charge on any atom is 0.290 e. The molecule has 0 aliphatic carbocycles. The number of azo groups is 1. The first-order valence-electron chi connectivity index (χ1n) is 3.49. The summed E-state index contributed by atoms with van der Waals surface area (Å²) in [6, 6.07) is 0. The zero-order chi connectivity index (χ0) is 7.40. The van der Waals surface area contributed by atoms with Crippen LogP contribution in [0.1, 0.15) is 26.2 Å². The Hall–Kier alpha value is -0.990. The Balaban J connectivity index is 2.37. The molecule has 0 aromatic heterocycles. The molecular weight excluding hydrogens is 128 g/mol. The van der Waals surface area contributed by atoms with Gasteiger partial charge >= 0.3 is 0 Å². The number of carbonyl (C=O) groups excluding carboxylic acids is 1. The van der Waals surface area contributed by atoms with Gasteiger partial charge in [0.15, 0.2) is 0 Å². The van der Waals surface area contributed by atoms with Gasteiger partial charge < -0.3 is 0 Å². The summed E-state index contributed by atoms with van der Waals surface area (Å²) >= 11 is 0. The second-order valence-electron chi connectivity index (χ2n) is 2.28. The Morgan fingerprint density at radius 1 is 1.50 bits per heavy atom. The van der Waals surface area contributed by atoms with Crippen molar-refractivity contribution in [1.29, 1.82) is 0 Å². The summed E-state index contributed by atoms with van der Waals surface area (Å²) in [7, 11) is 0. The van der Waals surface area contributed by atoms with Crippen LogP contribution in [0.2, 0.25) is 0 Å². The number of amides is 1. The molecule has 0 aromatic carbocycles. The van der Waals surface area contributed by atoms with Crippen LogP contribution in [0, 0.1) is 0 Å². The van der Waals surface area contributed by atoms with Crippen molar-refractivity contribution in [3.63, 3.8) is 0 Å². The largest absolute Gasteiger partial charge is 0.290 e. The third kappa shape index (κ3) is 1.76. The fourth-order valence-corrected chi connectivity index (χ4v) is 0.794. The number of hydrogen-bond acceptors (Lipinski definition) is 2. The summed E-state index contributed by atoms with van der Waals surface area (Å²) < 4.78 is 0. The van der Waals surface area contributed by atoms with E-state index < -0.39 is 0 Å². The molecule has 0 N–H and O–H groups in total. The van der Waals surface area contributed by atoms with E-state index in [1.807, 2.05) is 0 Å². The van der Waals surface area contributed by atoms with E-state index in [2.05, 4.69) is 17.2 Å². The molecule has 1 rings (SSSR count). The first-order chi connectivity index (χ1) is 4.83. The smallest absolute Gasteiger partial charge is 0.266 e. The summed E-state index contributed by atoms with van der Waals surface area (Å²) in [5.74, 6) is -0.217. The summed E-state index contributed by atoms with van der Waals surface area (Å²) in [6.07, 6.45) is 4.58. The Labute approximate surface area is 59.8 Å². The zero-order valence-corrected chi connectivity index (χ0v) is 6.00. The molecule has 0 radical (unpaired) electrons. The predicted octanol–water partition coefficient (Wildman–Crippen LogP) is 2.05. The van der Waals surface area contributed by atoms with Crippen LogP contribution in [0.5, 0.6) is 0 Å².